The van der Waals surface area contributed by atoms with Crippen LogP contribution in [0.1, 0.15) is 0 Å². The summed E-state index contributed by atoms with van der Waals surface area (Å²) < 4.78 is 29.5. The first kappa shape index (κ1) is 15.9. The minimum absolute atomic E-state index is 0. The SMILES string of the molecule is [Fe].[LiH].[OH][Ti]([OH])([OH])[OH]. The third kappa shape index (κ3) is 88.3. The second kappa shape index (κ2) is 5.80. The molecule has 0 unspecified atom stereocenters. The molecular formula is H5FeLiO4Ti. The molecule has 0 aromatic heterocycles. The van der Waals surface area contributed by atoms with Crippen LogP contribution in [0.25, 0.3) is 0 Å². The fourth-order valence-electron chi connectivity index (χ4n) is 0. The van der Waals surface area contributed by atoms with E-state index in [1.54, 1.807) is 0 Å². The van der Waals surface area contributed by atoms with Crippen molar-refractivity contribution in [1.29, 1.82) is 0 Å². The van der Waals surface area contributed by atoms with Crippen LogP contribution < -0.4 is 0 Å². The fourth-order valence-corrected chi connectivity index (χ4v) is 0. The van der Waals surface area contributed by atoms with E-state index in [1.807, 2.05) is 0 Å². The zero-order valence-electron chi connectivity index (χ0n) is 2.64. The van der Waals surface area contributed by atoms with Gasteiger partial charge in [0, 0.05) is 17.1 Å². The van der Waals surface area contributed by atoms with Crippen molar-refractivity contribution >= 4 is 18.9 Å². The van der Waals surface area contributed by atoms with E-state index in [4.69, 9.17) is 14.8 Å². The summed E-state index contributed by atoms with van der Waals surface area (Å²) in [6.07, 6.45) is 0. The standard InChI is InChI=1S/Fe.Li.4H2O.Ti.H/h;;4*1H2;;/q;;;;;;+4;/p-4. The van der Waals surface area contributed by atoms with E-state index in [0.717, 1.165) is 0 Å². The summed E-state index contributed by atoms with van der Waals surface area (Å²) in [5.41, 5.74) is 0. The van der Waals surface area contributed by atoms with Crippen molar-refractivity contribution in [3.8, 4) is 0 Å². The monoisotopic (exact) mass is 180 g/mol. The van der Waals surface area contributed by atoms with Crippen LogP contribution >= 0.6 is 0 Å². The zero-order chi connectivity index (χ0) is 4.50. The maximum atomic E-state index is 7.38. The Kier molecular flexibility index (Phi) is 13.1. The van der Waals surface area contributed by atoms with Gasteiger partial charge in [-0.1, -0.05) is 0 Å². The molecule has 0 amide bonds. The number of rotatable bonds is 0. The van der Waals surface area contributed by atoms with Gasteiger partial charge in [0.25, 0.3) is 0 Å². The molecule has 4 N–H and O–H groups in total. The van der Waals surface area contributed by atoms with E-state index >= 15 is 0 Å². The van der Waals surface area contributed by atoms with Crippen LogP contribution in [-0.4, -0.2) is 33.6 Å². The molecule has 0 aromatic carbocycles. The fraction of sp³-hybridized carbons (Fsp3) is 0. The third-order valence-electron chi connectivity index (χ3n) is 0. The van der Waals surface area contributed by atoms with Gasteiger partial charge in [-0.25, -0.2) is 0 Å². The van der Waals surface area contributed by atoms with Crippen molar-refractivity contribution in [1.82, 2.24) is 0 Å². The Morgan fingerprint density at radius 3 is 0.857 bits per heavy atom. The van der Waals surface area contributed by atoms with Crippen molar-refractivity contribution in [2.75, 3.05) is 0 Å². The summed E-state index contributed by atoms with van der Waals surface area (Å²) in [6, 6.07) is 0. The first-order valence-corrected chi connectivity index (χ1v) is 3.69. The number of hydrogen-bond donors (Lipinski definition) is 4. The van der Waals surface area contributed by atoms with E-state index < -0.39 is 18.1 Å². The molecule has 0 aromatic rings. The average Bonchev–Trinajstić information content (AvgIpc) is 0.722. The molecule has 0 aliphatic rings. The van der Waals surface area contributed by atoms with Crippen LogP contribution in [0, 0.1) is 0 Å². The molecule has 7 heavy (non-hydrogen) atoms. The van der Waals surface area contributed by atoms with Crippen LogP contribution in [-0.2, 0) is 35.2 Å². The van der Waals surface area contributed by atoms with E-state index in [2.05, 4.69) is 0 Å². The Morgan fingerprint density at radius 1 is 0.857 bits per heavy atom. The molecule has 0 atom stereocenters. The average molecular weight is 180 g/mol. The maximum absolute atomic E-state index is 7.38. The van der Waals surface area contributed by atoms with Crippen molar-refractivity contribution < 1.29 is 50.0 Å². The molecule has 0 fully saturated rings. The molecular weight excluding hydrogens is 175 g/mol. The first-order chi connectivity index (χ1) is 2.00. The van der Waals surface area contributed by atoms with Crippen LogP contribution in [0.15, 0.2) is 0 Å². The molecule has 42 valence electrons. The van der Waals surface area contributed by atoms with E-state index in [9.17, 15) is 0 Å². The van der Waals surface area contributed by atoms with Crippen LogP contribution in [0.5, 0.6) is 0 Å². The molecule has 0 saturated carbocycles. The molecule has 7 heteroatoms. The molecule has 0 bridgehead atoms. The Bertz CT molecular complexity index is 27.2. The van der Waals surface area contributed by atoms with Crippen molar-refractivity contribution in [2.45, 2.75) is 0 Å². The summed E-state index contributed by atoms with van der Waals surface area (Å²) in [5.74, 6) is 0. The summed E-state index contributed by atoms with van der Waals surface area (Å²) in [7, 11) is 0. The van der Waals surface area contributed by atoms with Gasteiger partial charge in [0.2, 0.25) is 0 Å². The van der Waals surface area contributed by atoms with Gasteiger partial charge in [-0.15, -0.1) is 0 Å². The Morgan fingerprint density at radius 2 is 0.857 bits per heavy atom. The Balaban J connectivity index is -0.0000000800. The minimum atomic E-state index is -5.00. The van der Waals surface area contributed by atoms with Gasteiger partial charge in [0.15, 0.2) is 0 Å². The van der Waals surface area contributed by atoms with Crippen LogP contribution in [0.2, 0.25) is 0 Å². The topological polar surface area (TPSA) is 80.9 Å². The van der Waals surface area contributed by atoms with Gasteiger partial charge < -0.3 is 0 Å². The van der Waals surface area contributed by atoms with Gasteiger partial charge in [-0.05, 0) is 0 Å². The molecule has 0 heterocycles. The summed E-state index contributed by atoms with van der Waals surface area (Å²) in [6.45, 7) is 0. The van der Waals surface area contributed by atoms with Gasteiger partial charge in [-0.2, -0.15) is 0 Å². The second-order valence-corrected chi connectivity index (χ2v) is 2.47. The van der Waals surface area contributed by atoms with Crippen molar-refractivity contribution in [3.05, 3.63) is 0 Å². The molecule has 0 aliphatic heterocycles. The van der Waals surface area contributed by atoms with Crippen molar-refractivity contribution in [2.24, 2.45) is 0 Å². The van der Waals surface area contributed by atoms with Gasteiger partial charge in [0.05, 0.1) is 0 Å². The summed E-state index contributed by atoms with van der Waals surface area (Å²) in [4.78, 5) is 0. The van der Waals surface area contributed by atoms with E-state index in [0.29, 0.717) is 0 Å². The Hall–Kier alpha value is 1.67. The van der Waals surface area contributed by atoms with Gasteiger partial charge in [-0.3, -0.25) is 0 Å². The van der Waals surface area contributed by atoms with Gasteiger partial charge >= 0.3 is 51.8 Å². The predicted molar refractivity (Wildman–Crippen MR) is 16.0 cm³/mol. The predicted octanol–water partition coefficient (Wildman–Crippen LogP) is -2.88. The van der Waals surface area contributed by atoms with Gasteiger partial charge in [0.1, 0.15) is 0 Å². The quantitative estimate of drug-likeness (QED) is 0.301. The number of hydrogen-bond acceptors (Lipinski definition) is 4. The molecule has 0 aliphatic carbocycles. The normalized spacial score (nSPS) is 8.57. The Labute approximate surface area is 68.5 Å². The molecule has 0 saturated heterocycles. The summed E-state index contributed by atoms with van der Waals surface area (Å²) in [5, 5.41) is 0. The second-order valence-electron chi connectivity index (χ2n) is 0.600. The van der Waals surface area contributed by atoms with E-state index in [1.165, 1.54) is 0 Å². The molecule has 0 radical (unpaired) electrons. The van der Waals surface area contributed by atoms with E-state index in [-0.39, 0.29) is 35.9 Å². The third-order valence-corrected chi connectivity index (χ3v) is 0. The van der Waals surface area contributed by atoms with Crippen LogP contribution in [0.3, 0.4) is 0 Å². The van der Waals surface area contributed by atoms with Crippen molar-refractivity contribution in [3.63, 3.8) is 0 Å². The summed E-state index contributed by atoms with van der Waals surface area (Å²) >= 11 is -5.00. The molecule has 0 rings (SSSR count). The zero-order valence-corrected chi connectivity index (χ0v) is 5.31. The van der Waals surface area contributed by atoms with Crippen LogP contribution in [0.4, 0.5) is 0 Å². The molecule has 4 nitrogen and oxygen atoms in total. The molecule has 0 spiro atoms. The first-order valence-electron chi connectivity index (χ1n) is 0.894.